The second-order valence-corrected chi connectivity index (χ2v) is 8.89. The summed E-state index contributed by atoms with van der Waals surface area (Å²) >= 11 is 0. The number of hydrogen-bond donors (Lipinski definition) is 0. The average Bonchev–Trinajstić information content (AvgIpc) is 2.83. The monoisotopic (exact) mass is 446 g/mol. The number of benzene rings is 2. The van der Waals surface area contributed by atoms with E-state index in [1.165, 1.54) is 0 Å². The van der Waals surface area contributed by atoms with Gasteiger partial charge in [-0.2, -0.15) is 0 Å². The standard InChI is InChI=1S/C26H26N2O5/c1-16(2)17-4-7-23-21(14-17)25(30)33-26(32-23)8-10-28(11-9-26)24(29)19-12-18-13-20(31-3)5-6-22(18)27-15-19/h4-7,12-16H,8-11H2,1-3H3. The molecule has 1 spiro atoms. The topological polar surface area (TPSA) is 78.0 Å². The van der Waals surface area contributed by atoms with Gasteiger partial charge >= 0.3 is 5.97 Å². The van der Waals surface area contributed by atoms with Gasteiger partial charge in [-0.3, -0.25) is 9.78 Å². The number of ether oxygens (including phenoxy) is 3. The first kappa shape index (κ1) is 21.2. The molecule has 0 aliphatic carbocycles. The van der Waals surface area contributed by atoms with E-state index in [0.717, 1.165) is 16.5 Å². The minimum atomic E-state index is -1.03. The first-order valence-corrected chi connectivity index (χ1v) is 11.2. The summed E-state index contributed by atoms with van der Waals surface area (Å²) in [6, 6.07) is 13.1. The molecule has 1 amide bonds. The summed E-state index contributed by atoms with van der Waals surface area (Å²) in [5, 5.41) is 0.843. The van der Waals surface area contributed by atoms with Gasteiger partial charge in [-0.25, -0.2) is 4.79 Å². The predicted octanol–water partition coefficient (Wildman–Crippen LogP) is 4.55. The molecule has 0 saturated carbocycles. The van der Waals surface area contributed by atoms with Crippen molar-refractivity contribution in [2.45, 2.75) is 38.4 Å². The highest BCUT2D eigenvalue weighted by Crippen LogP contribution is 2.38. The summed E-state index contributed by atoms with van der Waals surface area (Å²) in [5.74, 6) is 0.0557. The zero-order valence-electron chi connectivity index (χ0n) is 19.0. The minimum absolute atomic E-state index is 0.105. The molecule has 0 N–H and O–H groups in total. The van der Waals surface area contributed by atoms with Gasteiger partial charge < -0.3 is 19.1 Å². The van der Waals surface area contributed by atoms with Crippen LogP contribution in [0.3, 0.4) is 0 Å². The van der Waals surface area contributed by atoms with E-state index < -0.39 is 5.79 Å². The van der Waals surface area contributed by atoms with Crippen molar-refractivity contribution in [1.29, 1.82) is 0 Å². The van der Waals surface area contributed by atoms with E-state index in [0.29, 0.717) is 54.5 Å². The second-order valence-electron chi connectivity index (χ2n) is 8.89. The Bertz CT molecular complexity index is 1240. The summed E-state index contributed by atoms with van der Waals surface area (Å²) in [6.45, 7) is 4.99. The quantitative estimate of drug-likeness (QED) is 0.550. The highest BCUT2D eigenvalue weighted by atomic mass is 16.7. The first-order valence-electron chi connectivity index (χ1n) is 11.2. The minimum Gasteiger partial charge on any atom is -0.497 e. The van der Waals surface area contributed by atoms with Gasteiger partial charge in [-0.05, 0) is 47.9 Å². The zero-order valence-corrected chi connectivity index (χ0v) is 19.0. The van der Waals surface area contributed by atoms with Gasteiger partial charge in [0.15, 0.2) is 0 Å². The lowest BCUT2D eigenvalue weighted by atomic mass is 9.97. The Morgan fingerprint density at radius 3 is 2.61 bits per heavy atom. The number of fused-ring (bicyclic) bond motifs is 2. The van der Waals surface area contributed by atoms with Gasteiger partial charge in [-0.1, -0.05) is 19.9 Å². The Morgan fingerprint density at radius 2 is 1.88 bits per heavy atom. The van der Waals surface area contributed by atoms with E-state index in [1.807, 2.05) is 42.5 Å². The molecule has 0 bridgehead atoms. The van der Waals surface area contributed by atoms with Gasteiger partial charge in [0.05, 0.1) is 18.2 Å². The number of aromatic nitrogens is 1. The molecule has 7 heteroatoms. The summed E-state index contributed by atoms with van der Waals surface area (Å²) in [4.78, 5) is 32.1. The summed E-state index contributed by atoms with van der Waals surface area (Å²) in [6.07, 6.45) is 2.41. The van der Waals surface area contributed by atoms with Crippen molar-refractivity contribution in [3.63, 3.8) is 0 Å². The number of esters is 1. The lowest BCUT2D eigenvalue weighted by Gasteiger charge is -2.43. The fourth-order valence-corrected chi connectivity index (χ4v) is 4.39. The summed E-state index contributed by atoms with van der Waals surface area (Å²) in [5.41, 5.74) is 2.84. The number of nitrogens with zero attached hydrogens (tertiary/aromatic N) is 2. The maximum Gasteiger partial charge on any atom is 0.345 e. The third kappa shape index (κ3) is 3.88. The molecule has 2 aliphatic heterocycles. The van der Waals surface area contributed by atoms with Crippen LogP contribution in [0.4, 0.5) is 0 Å². The predicted molar refractivity (Wildman–Crippen MR) is 123 cm³/mol. The SMILES string of the molecule is COc1ccc2ncc(C(=O)N3CCC4(CC3)OC(=O)c3cc(C(C)C)ccc3O4)cc2c1. The molecule has 33 heavy (non-hydrogen) atoms. The van der Waals surface area contributed by atoms with Gasteiger partial charge in [0.1, 0.15) is 17.1 Å². The highest BCUT2D eigenvalue weighted by molar-refractivity contribution is 5.97. The van der Waals surface area contributed by atoms with E-state index in [4.69, 9.17) is 14.2 Å². The molecule has 1 aromatic heterocycles. The van der Waals surface area contributed by atoms with Crippen molar-refractivity contribution in [3.05, 3.63) is 65.4 Å². The molecule has 0 unspecified atom stereocenters. The maximum absolute atomic E-state index is 13.1. The molecular weight excluding hydrogens is 420 g/mol. The molecule has 5 rings (SSSR count). The Morgan fingerprint density at radius 1 is 1.09 bits per heavy atom. The van der Waals surface area contributed by atoms with Crippen molar-refractivity contribution < 1.29 is 23.8 Å². The normalized spacial score (nSPS) is 17.0. The number of pyridine rings is 1. The Kier molecular flexibility index (Phi) is 5.19. The molecule has 1 fully saturated rings. The number of hydrogen-bond acceptors (Lipinski definition) is 6. The molecule has 2 aliphatic rings. The number of likely N-dealkylation sites (tertiary alicyclic amines) is 1. The molecule has 3 aromatic rings. The third-order valence-electron chi connectivity index (χ3n) is 6.41. The lowest BCUT2D eigenvalue weighted by Crippen LogP contribution is -2.53. The molecule has 0 radical (unpaired) electrons. The lowest BCUT2D eigenvalue weighted by molar-refractivity contribution is -0.177. The Balaban J connectivity index is 1.31. The number of methoxy groups -OCH3 is 1. The largest absolute Gasteiger partial charge is 0.497 e. The van der Waals surface area contributed by atoms with Crippen LogP contribution in [0.25, 0.3) is 10.9 Å². The van der Waals surface area contributed by atoms with Gasteiger partial charge in [-0.15, -0.1) is 0 Å². The zero-order chi connectivity index (χ0) is 23.2. The van der Waals surface area contributed by atoms with Crippen LogP contribution in [-0.4, -0.2) is 47.7 Å². The van der Waals surface area contributed by atoms with Crippen molar-refractivity contribution in [1.82, 2.24) is 9.88 Å². The maximum atomic E-state index is 13.1. The van der Waals surface area contributed by atoms with Gasteiger partial charge in [0, 0.05) is 37.5 Å². The third-order valence-corrected chi connectivity index (χ3v) is 6.41. The van der Waals surface area contributed by atoms with Crippen LogP contribution in [0.2, 0.25) is 0 Å². The average molecular weight is 447 g/mol. The number of carbonyl (C=O) groups is 2. The van der Waals surface area contributed by atoms with Crippen LogP contribution in [0.15, 0.2) is 48.7 Å². The fourth-order valence-electron chi connectivity index (χ4n) is 4.39. The molecular formula is C26H26N2O5. The fraction of sp³-hybridized carbons (Fsp3) is 0.346. The van der Waals surface area contributed by atoms with Crippen molar-refractivity contribution in [2.75, 3.05) is 20.2 Å². The van der Waals surface area contributed by atoms with E-state index in [9.17, 15) is 9.59 Å². The van der Waals surface area contributed by atoms with Crippen LogP contribution in [0.1, 0.15) is 58.9 Å². The van der Waals surface area contributed by atoms with Crippen molar-refractivity contribution in [3.8, 4) is 11.5 Å². The van der Waals surface area contributed by atoms with Gasteiger partial charge in [0.2, 0.25) is 0 Å². The number of amides is 1. The van der Waals surface area contributed by atoms with E-state index in [-0.39, 0.29) is 11.9 Å². The van der Waals surface area contributed by atoms with E-state index >= 15 is 0 Å². The van der Waals surface area contributed by atoms with Crippen molar-refractivity contribution >= 4 is 22.8 Å². The number of piperidine rings is 1. The van der Waals surface area contributed by atoms with E-state index in [2.05, 4.69) is 18.8 Å². The molecule has 0 atom stereocenters. The molecule has 7 nitrogen and oxygen atoms in total. The smallest absolute Gasteiger partial charge is 0.345 e. The second kappa shape index (κ2) is 8.06. The molecule has 3 heterocycles. The summed E-state index contributed by atoms with van der Waals surface area (Å²) in [7, 11) is 1.61. The molecule has 170 valence electrons. The van der Waals surface area contributed by atoms with Crippen molar-refractivity contribution in [2.24, 2.45) is 0 Å². The Hall–Kier alpha value is -3.61. The van der Waals surface area contributed by atoms with Crippen LogP contribution < -0.4 is 9.47 Å². The summed E-state index contributed by atoms with van der Waals surface area (Å²) < 4.78 is 17.2. The van der Waals surface area contributed by atoms with Crippen LogP contribution in [0, 0.1) is 0 Å². The highest BCUT2D eigenvalue weighted by Gasteiger charge is 2.45. The van der Waals surface area contributed by atoms with Crippen LogP contribution >= 0.6 is 0 Å². The number of carbonyl (C=O) groups excluding carboxylic acids is 2. The van der Waals surface area contributed by atoms with Gasteiger partial charge in [0.25, 0.3) is 11.7 Å². The first-order chi connectivity index (χ1) is 15.9. The Labute approximate surface area is 192 Å². The molecule has 1 saturated heterocycles. The molecule has 2 aromatic carbocycles. The van der Waals surface area contributed by atoms with E-state index in [1.54, 1.807) is 18.2 Å². The number of rotatable bonds is 3. The van der Waals surface area contributed by atoms with Crippen LogP contribution in [-0.2, 0) is 4.74 Å². The van der Waals surface area contributed by atoms with Crippen LogP contribution in [0.5, 0.6) is 11.5 Å².